The van der Waals surface area contributed by atoms with Crippen molar-refractivity contribution in [1.29, 1.82) is 0 Å². The average Bonchev–Trinajstić information content (AvgIpc) is 3.51. The smallest absolute Gasteiger partial charge is 0.368 e. The van der Waals surface area contributed by atoms with Crippen molar-refractivity contribution in [2.75, 3.05) is 31.1 Å². The summed E-state index contributed by atoms with van der Waals surface area (Å²) >= 11 is 12.3. The molecule has 1 aliphatic rings. The Bertz CT molecular complexity index is 1450. The van der Waals surface area contributed by atoms with Crippen molar-refractivity contribution in [3.63, 3.8) is 0 Å². The Labute approximate surface area is 221 Å². The molecular weight excluding hydrogens is 526 g/mol. The molecule has 2 aromatic carbocycles. The first-order valence-electron chi connectivity index (χ1n) is 11.5. The van der Waals surface area contributed by atoms with Crippen LogP contribution in [0, 0.1) is 0 Å². The molecule has 0 N–H and O–H groups in total. The summed E-state index contributed by atoms with van der Waals surface area (Å²) in [6.45, 7) is 1.50. The van der Waals surface area contributed by atoms with Gasteiger partial charge in [-0.1, -0.05) is 29.3 Å². The number of nitrogens with zero attached hydrogens (tertiary/aromatic N) is 5. The van der Waals surface area contributed by atoms with Crippen LogP contribution in [0.4, 0.5) is 18.9 Å². The predicted molar refractivity (Wildman–Crippen MR) is 138 cm³/mol. The van der Waals surface area contributed by atoms with Crippen molar-refractivity contribution in [2.24, 2.45) is 7.05 Å². The van der Waals surface area contributed by atoms with E-state index < -0.39 is 11.7 Å². The molecule has 192 valence electrons. The molecule has 1 amide bonds. The summed E-state index contributed by atoms with van der Waals surface area (Å²) in [5.74, 6) is -0.234. The predicted octanol–water partition coefficient (Wildman–Crippen LogP) is 6.17. The normalized spacial score (nSPS) is 14.3. The number of carbonyl (C=O) groups is 1. The third-order valence-electron chi connectivity index (χ3n) is 6.39. The SMILES string of the molecule is Cn1cccc1-c1cc(C(=O)N2CCN(c3cccc(C(F)(F)F)c3)CC2)n(-c2ccc(Cl)c(Cl)c2)n1. The van der Waals surface area contributed by atoms with Crippen molar-refractivity contribution in [3.8, 4) is 17.1 Å². The fourth-order valence-corrected chi connectivity index (χ4v) is 4.70. The Kier molecular flexibility index (Phi) is 6.68. The van der Waals surface area contributed by atoms with E-state index in [0.29, 0.717) is 59.0 Å². The molecule has 3 heterocycles. The summed E-state index contributed by atoms with van der Waals surface area (Å²) in [5.41, 5.74) is 2.17. The van der Waals surface area contributed by atoms with Crippen LogP contribution >= 0.6 is 23.2 Å². The molecule has 11 heteroatoms. The third kappa shape index (κ3) is 5.06. The minimum Gasteiger partial charge on any atom is -0.368 e. The minimum absolute atomic E-state index is 0.234. The van der Waals surface area contributed by atoms with Gasteiger partial charge in [0.05, 0.1) is 27.0 Å². The third-order valence-corrected chi connectivity index (χ3v) is 7.13. The van der Waals surface area contributed by atoms with Crippen molar-refractivity contribution >= 4 is 34.8 Å². The summed E-state index contributed by atoms with van der Waals surface area (Å²) < 4.78 is 42.9. The number of carbonyl (C=O) groups excluding carboxylic acids is 1. The van der Waals surface area contributed by atoms with Gasteiger partial charge in [-0.3, -0.25) is 4.79 Å². The maximum absolute atomic E-state index is 13.7. The van der Waals surface area contributed by atoms with Crippen LogP contribution in [-0.4, -0.2) is 51.3 Å². The number of hydrogen-bond donors (Lipinski definition) is 0. The molecule has 37 heavy (non-hydrogen) atoms. The summed E-state index contributed by atoms with van der Waals surface area (Å²) in [4.78, 5) is 17.2. The Morgan fingerprint density at radius 1 is 0.892 bits per heavy atom. The zero-order valence-electron chi connectivity index (χ0n) is 19.7. The van der Waals surface area contributed by atoms with Crippen LogP contribution in [0.3, 0.4) is 0 Å². The largest absolute Gasteiger partial charge is 0.416 e. The number of anilines is 1. The van der Waals surface area contributed by atoms with Gasteiger partial charge in [0.2, 0.25) is 0 Å². The van der Waals surface area contributed by atoms with Gasteiger partial charge in [0.15, 0.2) is 0 Å². The van der Waals surface area contributed by atoms with Crippen LogP contribution in [0.5, 0.6) is 0 Å². The second-order valence-electron chi connectivity index (χ2n) is 8.76. The first-order chi connectivity index (χ1) is 17.6. The molecule has 4 aromatic rings. The molecule has 0 atom stereocenters. The number of aromatic nitrogens is 3. The van der Waals surface area contributed by atoms with E-state index in [1.54, 1.807) is 39.9 Å². The summed E-state index contributed by atoms with van der Waals surface area (Å²) in [5, 5.41) is 5.42. The molecule has 0 spiro atoms. The Hall–Kier alpha value is -3.43. The van der Waals surface area contributed by atoms with Gasteiger partial charge < -0.3 is 14.4 Å². The fraction of sp³-hybridized carbons (Fsp3) is 0.231. The lowest BCUT2D eigenvalue weighted by molar-refractivity contribution is -0.137. The van der Waals surface area contributed by atoms with E-state index >= 15 is 0 Å². The Balaban J connectivity index is 1.41. The van der Waals surface area contributed by atoms with Gasteiger partial charge in [0.25, 0.3) is 5.91 Å². The van der Waals surface area contributed by atoms with E-state index in [9.17, 15) is 18.0 Å². The topological polar surface area (TPSA) is 46.3 Å². The van der Waals surface area contributed by atoms with Gasteiger partial charge in [-0.25, -0.2) is 4.68 Å². The van der Waals surface area contributed by atoms with E-state index in [4.69, 9.17) is 28.3 Å². The second-order valence-corrected chi connectivity index (χ2v) is 9.57. The van der Waals surface area contributed by atoms with Crippen molar-refractivity contribution in [3.05, 3.63) is 88.2 Å². The van der Waals surface area contributed by atoms with Gasteiger partial charge in [0.1, 0.15) is 11.4 Å². The number of aryl methyl sites for hydroxylation is 1. The molecule has 0 aliphatic carbocycles. The number of benzene rings is 2. The van der Waals surface area contributed by atoms with E-state index in [1.807, 2.05) is 34.8 Å². The number of hydrogen-bond acceptors (Lipinski definition) is 3. The summed E-state index contributed by atoms with van der Waals surface area (Å²) in [6, 6.07) is 15.8. The molecule has 0 bridgehead atoms. The second kappa shape index (κ2) is 9.79. The zero-order valence-corrected chi connectivity index (χ0v) is 21.2. The fourth-order valence-electron chi connectivity index (χ4n) is 4.41. The first-order valence-corrected chi connectivity index (χ1v) is 12.3. The zero-order chi connectivity index (χ0) is 26.3. The van der Waals surface area contributed by atoms with E-state index in [1.165, 1.54) is 6.07 Å². The average molecular weight is 548 g/mol. The van der Waals surface area contributed by atoms with E-state index in [-0.39, 0.29) is 5.91 Å². The highest BCUT2D eigenvalue weighted by Gasteiger charge is 2.32. The van der Waals surface area contributed by atoms with Crippen LogP contribution in [0.15, 0.2) is 66.9 Å². The lowest BCUT2D eigenvalue weighted by Crippen LogP contribution is -2.49. The van der Waals surface area contributed by atoms with Crippen LogP contribution in [-0.2, 0) is 13.2 Å². The number of amides is 1. The molecule has 2 aromatic heterocycles. The standard InChI is InChI=1S/C26H22Cl2F3N5O/c1-33-9-3-6-23(33)22-16-24(36(32-22)19-7-8-20(27)21(28)15-19)25(37)35-12-10-34(11-13-35)18-5-2-4-17(14-18)26(29,30)31/h2-9,14-16H,10-13H2,1H3. The molecule has 0 radical (unpaired) electrons. The number of piperazine rings is 1. The first kappa shape index (κ1) is 25.2. The van der Waals surface area contributed by atoms with Crippen LogP contribution in [0.2, 0.25) is 10.0 Å². The molecule has 0 saturated carbocycles. The quantitative estimate of drug-likeness (QED) is 0.307. The van der Waals surface area contributed by atoms with E-state index in [2.05, 4.69) is 0 Å². The van der Waals surface area contributed by atoms with Gasteiger partial charge in [-0.2, -0.15) is 18.3 Å². The molecule has 6 nitrogen and oxygen atoms in total. The van der Waals surface area contributed by atoms with Crippen molar-refractivity contribution < 1.29 is 18.0 Å². The van der Waals surface area contributed by atoms with Gasteiger partial charge in [0, 0.05) is 45.1 Å². The molecular formula is C26H22Cl2F3N5O. The van der Waals surface area contributed by atoms with E-state index in [0.717, 1.165) is 17.8 Å². The monoisotopic (exact) mass is 547 g/mol. The molecule has 1 aliphatic heterocycles. The molecule has 0 unspecified atom stereocenters. The van der Waals surface area contributed by atoms with Gasteiger partial charge in [-0.05, 0) is 54.6 Å². The van der Waals surface area contributed by atoms with Gasteiger partial charge >= 0.3 is 6.18 Å². The van der Waals surface area contributed by atoms with Crippen LogP contribution in [0.25, 0.3) is 17.1 Å². The summed E-state index contributed by atoms with van der Waals surface area (Å²) in [7, 11) is 1.89. The number of halogens is 5. The van der Waals surface area contributed by atoms with Gasteiger partial charge in [-0.15, -0.1) is 0 Å². The summed E-state index contributed by atoms with van der Waals surface area (Å²) in [6.07, 6.45) is -2.52. The number of rotatable bonds is 4. The maximum atomic E-state index is 13.7. The lowest BCUT2D eigenvalue weighted by atomic mass is 10.1. The Morgan fingerprint density at radius 2 is 1.65 bits per heavy atom. The minimum atomic E-state index is -4.41. The van der Waals surface area contributed by atoms with Crippen LogP contribution in [0.1, 0.15) is 16.1 Å². The highest BCUT2D eigenvalue weighted by atomic mass is 35.5. The molecule has 1 fully saturated rings. The number of alkyl halides is 3. The van der Waals surface area contributed by atoms with Crippen molar-refractivity contribution in [1.82, 2.24) is 19.2 Å². The maximum Gasteiger partial charge on any atom is 0.416 e. The molecule has 5 rings (SSSR count). The lowest BCUT2D eigenvalue weighted by Gasteiger charge is -2.36. The van der Waals surface area contributed by atoms with Crippen LogP contribution < -0.4 is 4.90 Å². The van der Waals surface area contributed by atoms with Crippen molar-refractivity contribution in [2.45, 2.75) is 6.18 Å². The Morgan fingerprint density at radius 3 is 2.30 bits per heavy atom. The highest BCUT2D eigenvalue weighted by Crippen LogP contribution is 2.32. The molecule has 1 saturated heterocycles. The highest BCUT2D eigenvalue weighted by molar-refractivity contribution is 6.42.